The second kappa shape index (κ2) is 5.41. The molecule has 1 saturated heterocycles. The molecule has 2 rings (SSSR count). The first-order valence-electron chi connectivity index (χ1n) is 6.09. The van der Waals surface area contributed by atoms with E-state index in [1.807, 2.05) is 18.3 Å². The number of hydrogen-bond donors (Lipinski definition) is 1. The number of likely N-dealkylation sites (tertiary alicyclic amines) is 1. The number of pyridine rings is 1. The third-order valence-electron chi connectivity index (χ3n) is 3.51. The molecule has 3 nitrogen and oxygen atoms in total. The Morgan fingerprint density at radius 2 is 2.38 bits per heavy atom. The molecule has 2 atom stereocenters. The van der Waals surface area contributed by atoms with Crippen LogP contribution in [-0.2, 0) is 6.54 Å². The first-order valence-corrected chi connectivity index (χ1v) is 6.09. The van der Waals surface area contributed by atoms with Crippen LogP contribution < -0.4 is 5.32 Å². The molecule has 0 bridgehead atoms. The average molecular weight is 219 g/mol. The van der Waals surface area contributed by atoms with Crippen molar-refractivity contribution < 1.29 is 0 Å². The molecule has 0 radical (unpaired) electrons. The lowest BCUT2D eigenvalue weighted by Gasteiger charge is -2.35. The van der Waals surface area contributed by atoms with Gasteiger partial charge in [-0.15, -0.1) is 0 Å². The summed E-state index contributed by atoms with van der Waals surface area (Å²) in [6, 6.07) is 7.41. The predicted octanol–water partition coefficient (Wildman–Crippen LogP) is 1.65. The van der Waals surface area contributed by atoms with Crippen LogP contribution in [0.5, 0.6) is 0 Å². The van der Waals surface area contributed by atoms with E-state index >= 15 is 0 Å². The molecule has 1 fully saturated rings. The quantitative estimate of drug-likeness (QED) is 0.838. The summed E-state index contributed by atoms with van der Waals surface area (Å²) in [4.78, 5) is 6.75. The Kier molecular flexibility index (Phi) is 3.91. The molecule has 0 saturated carbocycles. The van der Waals surface area contributed by atoms with Gasteiger partial charge in [-0.2, -0.15) is 0 Å². The van der Waals surface area contributed by atoms with Gasteiger partial charge >= 0.3 is 0 Å². The summed E-state index contributed by atoms with van der Waals surface area (Å²) in [6.07, 6.45) is 4.34. The maximum Gasteiger partial charge on any atom is 0.0541 e. The Morgan fingerprint density at radius 1 is 1.50 bits per heavy atom. The van der Waals surface area contributed by atoms with Gasteiger partial charge in [-0.1, -0.05) is 6.07 Å². The van der Waals surface area contributed by atoms with Gasteiger partial charge in [0.05, 0.1) is 5.69 Å². The lowest BCUT2D eigenvalue weighted by atomic mass is 9.99. The highest BCUT2D eigenvalue weighted by Crippen LogP contribution is 2.15. The average Bonchev–Trinajstić information content (AvgIpc) is 2.32. The minimum atomic E-state index is 0.646. The summed E-state index contributed by atoms with van der Waals surface area (Å²) in [5, 5.41) is 3.60. The molecular formula is C13H21N3. The fourth-order valence-corrected chi connectivity index (χ4v) is 2.23. The number of aromatic nitrogens is 1. The second-order valence-corrected chi connectivity index (χ2v) is 4.75. The number of piperidine rings is 1. The molecule has 16 heavy (non-hydrogen) atoms. The largest absolute Gasteiger partial charge is 0.308 e. The van der Waals surface area contributed by atoms with Gasteiger partial charge in [0.1, 0.15) is 0 Å². The maximum absolute atomic E-state index is 4.32. The van der Waals surface area contributed by atoms with Gasteiger partial charge in [-0.25, -0.2) is 0 Å². The zero-order valence-electron chi connectivity index (χ0n) is 10.2. The van der Waals surface area contributed by atoms with Crippen LogP contribution >= 0.6 is 0 Å². The van der Waals surface area contributed by atoms with Gasteiger partial charge in [0, 0.05) is 24.8 Å². The van der Waals surface area contributed by atoms with Gasteiger partial charge in [-0.05, 0) is 45.5 Å². The molecule has 0 amide bonds. The zero-order chi connectivity index (χ0) is 11.4. The van der Waals surface area contributed by atoms with Crippen molar-refractivity contribution in [1.29, 1.82) is 0 Å². The molecule has 88 valence electrons. The lowest BCUT2D eigenvalue weighted by molar-refractivity contribution is 0.168. The van der Waals surface area contributed by atoms with Crippen LogP contribution in [0.3, 0.4) is 0 Å². The Hall–Kier alpha value is -0.930. The van der Waals surface area contributed by atoms with E-state index in [-0.39, 0.29) is 0 Å². The van der Waals surface area contributed by atoms with Gasteiger partial charge < -0.3 is 10.2 Å². The first kappa shape index (κ1) is 11.6. The van der Waals surface area contributed by atoms with E-state index < -0.39 is 0 Å². The molecule has 0 aromatic carbocycles. The van der Waals surface area contributed by atoms with E-state index in [1.54, 1.807) is 0 Å². The van der Waals surface area contributed by atoms with Crippen LogP contribution in [0.4, 0.5) is 0 Å². The van der Waals surface area contributed by atoms with E-state index in [0.29, 0.717) is 12.1 Å². The monoisotopic (exact) mass is 219 g/mol. The van der Waals surface area contributed by atoms with Crippen molar-refractivity contribution in [3.63, 3.8) is 0 Å². The van der Waals surface area contributed by atoms with Crippen molar-refractivity contribution in [3.8, 4) is 0 Å². The number of nitrogens with zero attached hydrogens (tertiary/aromatic N) is 2. The van der Waals surface area contributed by atoms with Crippen LogP contribution in [-0.4, -0.2) is 35.6 Å². The van der Waals surface area contributed by atoms with Gasteiger partial charge in [0.25, 0.3) is 0 Å². The summed E-state index contributed by atoms with van der Waals surface area (Å²) in [5.74, 6) is 0. The molecule has 1 aromatic heterocycles. The summed E-state index contributed by atoms with van der Waals surface area (Å²) in [6.45, 7) is 4.39. The van der Waals surface area contributed by atoms with Crippen molar-refractivity contribution in [2.45, 2.75) is 38.4 Å². The highest BCUT2D eigenvalue weighted by molar-refractivity contribution is 5.03. The van der Waals surface area contributed by atoms with Crippen molar-refractivity contribution >= 4 is 0 Å². The van der Waals surface area contributed by atoms with E-state index in [2.05, 4.69) is 35.2 Å². The Labute approximate surface area is 97.9 Å². The minimum absolute atomic E-state index is 0.646. The van der Waals surface area contributed by atoms with Crippen LogP contribution in [0, 0.1) is 0 Å². The zero-order valence-corrected chi connectivity index (χ0v) is 10.2. The van der Waals surface area contributed by atoms with Crippen LogP contribution in [0.1, 0.15) is 25.5 Å². The fraction of sp³-hybridized carbons (Fsp3) is 0.615. The van der Waals surface area contributed by atoms with Gasteiger partial charge in [0.15, 0.2) is 0 Å². The van der Waals surface area contributed by atoms with E-state index in [0.717, 1.165) is 12.2 Å². The maximum atomic E-state index is 4.32. The second-order valence-electron chi connectivity index (χ2n) is 4.75. The number of rotatable bonds is 3. The van der Waals surface area contributed by atoms with Crippen molar-refractivity contribution in [2.24, 2.45) is 0 Å². The molecule has 1 N–H and O–H groups in total. The topological polar surface area (TPSA) is 28.2 Å². The lowest BCUT2D eigenvalue weighted by Crippen LogP contribution is -2.45. The summed E-state index contributed by atoms with van der Waals surface area (Å²) in [7, 11) is 2.21. The smallest absolute Gasteiger partial charge is 0.0541 e. The molecule has 2 heterocycles. The minimum Gasteiger partial charge on any atom is -0.308 e. The molecule has 0 aliphatic carbocycles. The number of hydrogen-bond acceptors (Lipinski definition) is 3. The predicted molar refractivity (Wildman–Crippen MR) is 66.2 cm³/mol. The Balaban J connectivity index is 1.79. The summed E-state index contributed by atoms with van der Waals surface area (Å²) >= 11 is 0. The number of nitrogens with one attached hydrogen (secondary N) is 1. The van der Waals surface area contributed by atoms with Gasteiger partial charge in [-0.3, -0.25) is 4.98 Å². The van der Waals surface area contributed by atoms with E-state index in [9.17, 15) is 0 Å². The fourth-order valence-electron chi connectivity index (χ4n) is 2.23. The van der Waals surface area contributed by atoms with Crippen LogP contribution in [0.15, 0.2) is 24.4 Å². The molecule has 1 aliphatic heterocycles. The van der Waals surface area contributed by atoms with Crippen LogP contribution in [0.25, 0.3) is 0 Å². The third kappa shape index (κ3) is 3.03. The van der Waals surface area contributed by atoms with Crippen molar-refractivity contribution in [2.75, 3.05) is 13.6 Å². The van der Waals surface area contributed by atoms with Crippen molar-refractivity contribution in [3.05, 3.63) is 30.1 Å². The molecule has 3 heteroatoms. The molecule has 2 unspecified atom stereocenters. The first-order chi connectivity index (χ1) is 7.75. The molecular weight excluding hydrogens is 198 g/mol. The molecule has 1 aliphatic rings. The SMILES string of the molecule is CC1CC(NCc2ccccn2)CCN1C. The Bertz CT molecular complexity index is 312. The third-order valence-corrected chi connectivity index (χ3v) is 3.51. The Morgan fingerprint density at radius 3 is 3.06 bits per heavy atom. The molecule has 1 aromatic rings. The highest BCUT2D eigenvalue weighted by atomic mass is 15.1. The van der Waals surface area contributed by atoms with E-state index in [4.69, 9.17) is 0 Å². The molecule has 0 spiro atoms. The standard InChI is InChI=1S/C13H21N3/c1-11-9-12(6-8-16(11)2)15-10-13-5-3-4-7-14-13/h3-5,7,11-12,15H,6,8-10H2,1-2H3. The van der Waals surface area contributed by atoms with Gasteiger partial charge in [0.2, 0.25) is 0 Å². The highest BCUT2D eigenvalue weighted by Gasteiger charge is 2.21. The van der Waals surface area contributed by atoms with E-state index in [1.165, 1.54) is 19.4 Å². The van der Waals surface area contributed by atoms with Crippen molar-refractivity contribution in [1.82, 2.24) is 15.2 Å². The summed E-state index contributed by atoms with van der Waals surface area (Å²) < 4.78 is 0. The van der Waals surface area contributed by atoms with Crippen LogP contribution in [0.2, 0.25) is 0 Å². The normalized spacial score (nSPS) is 26.9. The summed E-state index contributed by atoms with van der Waals surface area (Å²) in [5.41, 5.74) is 1.13.